The van der Waals surface area contributed by atoms with E-state index in [2.05, 4.69) is 20.1 Å². The zero-order valence-electron chi connectivity index (χ0n) is 13.8. The second kappa shape index (κ2) is 7.11. The fourth-order valence-corrected chi connectivity index (χ4v) is 3.46. The maximum absolute atomic E-state index is 13.3. The minimum Gasteiger partial charge on any atom is -0.434 e. The predicted octanol–water partition coefficient (Wildman–Crippen LogP) is 4.82. The zero-order valence-corrected chi connectivity index (χ0v) is 14.6. The Morgan fingerprint density at radius 2 is 1.96 bits per heavy atom. The lowest BCUT2D eigenvalue weighted by Crippen LogP contribution is -2.28. The lowest BCUT2D eigenvalue weighted by Gasteiger charge is -2.32. The molecular formula is C18H14ClF3N4O. The first kappa shape index (κ1) is 17.7. The summed E-state index contributed by atoms with van der Waals surface area (Å²) in [5, 5.41) is 7.83. The van der Waals surface area contributed by atoms with Crippen molar-refractivity contribution in [3.05, 3.63) is 70.8 Å². The summed E-state index contributed by atoms with van der Waals surface area (Å²) in [5.74, 6) is 0.167. The Morgan fingerprint density at radius 3 is 2.70 bits per heavy atom. The number of ether oxygens (including phenoxy) is 1. The van der Waals surface area contributed by atoms with Gasteiger partial charge in [-0.2, -0.15) is 18.9 Å². The summed E-state index contributed by atoms with van der Waals surface area (Å²) < 4.78 is 45.2. The summed E-state index contributed by atoms with van der Waals surface area (Å²) in [4.78, 5) is 4.18. The van der Waals surface area contributed by atoms with Crippen molar-refractivity contribution < 1.29 is 17.9 Å². The summed E-state index contributed by atoms with van der Waals surface area (Å²) >= 11 is 6.10. The van der Waals surface area contributed by atoms with Crippen molar-refractivity contribution in [1.82, 2.24) is 14.8 Å². The molecule has 2 aromatic carbocycles. The Kier molecular flexibility index (Phi) is 4.65. The molecule has 0 amide bonds. The summed E-state index contributed by atoms with van der Waals surface area (Å²) in [6.45, 7) is -2.96. The normalized spacial score (nSPS) is 18.9. The van der Waals surface area contributed by atoms with Crippen LogP contribution in [0.4, 0.5) is 19.1 Å². The van der Waals surface area contributed by atoms with Gasteiger partial charge in [0.25, 0.3) is 0 Å². The number of aromatic nitrogens is 3. The van der Waals surface area contributed by atoms with E-state index in [1.807, 2.05) is 0 Å². The third-order valence-corrected chi connectivity index (χ3v) is 4.68. The maximum atomic E-state index is 13.3. The van der Waals surface area contributed by atoms with E-state index < -0.39 is 12.7 Å². The van der Waals surface area contributed by atoms with Crippen molar-refractivity contribution in [2.24, 2.45) is 0 Å². The van der Waals surface area contributed by atoms with E-state index in [9.17, 15) is 13.2 Å². The van der Waals surface area contributed by atoms with Crippen LogP contribution in [0, 0.1) is 5.82 Å². The molecule has 1 aromatic heterocycles. The van der Waals surface area contributed by atoms with Gasteiger partial charge in [0, 0.05) is 10.6 Å². The Labute approximate surface area is 157 Å². The van der Waals surface area contributed by atoms with Gasteiger partial charge in [0.05, 0.1) is 12.1 Å². The predicted molar refractivity (Wildman–Crippen MR) is 93.6 cm³/mol. The van der Waals surface area contributed by atoms with Crippen LogP contribution in [0.3, 0.4) is 0 Å². The van der Waals surface area contributed by atoms with Crippen LogP contribution in [-0.4, -0.2) is 21.4 Å². The van der Waals surface area contributed by atoms with Crippen LogP contribution in [-0.2, 0) is 0 Å². The molecule has 0 aliphatic carbocycles. The molecule has 140 valence electrons. The quantitative estimate of drug-likeness (QED) is 0.689. The van der Waals surface area contributed by atoms with Crippen LogP contribution in [0.2, 0.25) is 5.02 Å². The Hall–Kier alpha value is -2.74. The third-order valence-electron chi connectivity index (χ3n) is 4.45. The first-order chi connectivity index (χ1) is 13.0. The van der Waals surface area contributed by atoms with Gasteiger partial charge in [0.1, 0.15) is 17.9 Å². The highest BCUT2D eigenvalue weighted by molar-refractivity contribution is 6.30. The molecule has 0 saturated heterocycles. The number of alkyl halides is 2. The Bertz CT molecular complexity index is 948. The van der Waals surface area contributed by atoms with E-state index >= 15 is 0 Å². The van der Waals surface area contributed by atoms with Crippen molar-refractivity contribution >= 4 is 17.5 Å². The molecule has 1 aliphatic rings. The number of nitrogens with one attached hydrogen (secondary N) is 1. The van der Waals surface area contributed by atoms with Crippen molar-refractivity contribution in [1.29, 1.82) is 0 Å². The molecule has 9 heteroatoms. The molecule has 27 heavy (non-hydrogen) atoms. The van der Waals surface area contributed by atoms with Crippen LogP contribution in [0.25, 0.3) is 0 Å². The molecule has 0 fully saturated rings. The molecule has 0 bridgehead atoms. The standard InChI is InChI=1S/C18H14ClF3N4O/c19-11-3-6-16(27-17(21)22)13(7-11)15-8-14(10-1-4-12(20)5-2-10)25-18-23-9-24-26(15)18/h1-7,9,14-15,17H,8H2,(H,23,24,25)/t14-,15+/m0/s1. The van der Waals surface area contributed by atoms with E-state index in [0.717, 1.165) is 5.56 Å². The number of fused-ring (bicyclic) bond motifs is 1. The highest BCUT2D eigenvalue weighted by atomic mass is 35.5. The van der Waals surface area contributed by atoms with Crippen molar-refractivity contribution in [3.63, 3.8) is 0 Å². The highest BCUT2D eigenvalue weighted by Crippen LogP contribution is 2.41. The van der Waals surface area contributed by atoms with Crippen molar-refractivity contribution in [3.8, 4) is 5.75 Å². The lowest BCUT2D eigenvalue weighted by molar-refractivity contribution is -0.0507. The minimum absolute atomic E-state index is 0.0283. The lowest BCUT2D eigenvalue weighted by atomic mass is 9.93. The first-order valence-corrected chi connectivity index (χ1v) is 8.55. The zero-order chi connectivity index (χ0) is 19.0. The molecule has 4 rings (SSSR count). The molecule has 0 radical (unpaired) electrons. The van der Waals surface area contributed by atoms with Crippen LogP contribution in [0.1, 0.15) is 29.6 Å². The molecule has 5 nitrogen and oxygen atoms in total. The SMILES string of the molecule is Fc1ccc([C@@H]2C[C@H](c3cc(Cl)ccc3OC(F)F)n3ncnc3N2)cc1. The number of hydrogen-bond donors (Lipinski definition) is 1. The van der Waals surface area contributed by atoms with Gasteiger partial charge in [0.15, 0.2) is 0 Å². The van der Waals surface area contributed by atoms with E-state index in [1.54, 1.807) is 22.9 Å². The van der Waals surface area contributed by atoms with Gasteiger partial charge in [-0.1, -0.05) is 23.7 Å². The number of nitrogens with zero attached hydrogens (tertiary/aromatic N) is 3. The fraction of sp³-hybridized carbons (Fsp3) is 0.222. The average Bonchev–Trinajstić information content (AvgIpc) is 3.11. The van der Waals surface area contributed by atoms with Crippen LogP contribution in [0.5, 0.6) is 5.75 Å². The fourth-order valence-electron chi connectivity index (χ4n) is 3.28. The molecule has 1 N–H and O–H groups in total. The molecular weight excluding hydrogens is 381 g/mol. The number of anilines is 1. The highest BCUT2D eigenvalue weighted by Gasteiger charge is 2.32. The van der Waals surface area contributed by atoms with Gasteiger partial charge >= 0.3 is 6.61 Å². The summed E-state index contributed by atoms with van der Waals surface area (Å²) in [6, 6.07) is 9.92. The summed E-state index contributed by atoms with van der Waals surface area (Å²) in [6.07, 6.45) is 1.84. The van der Waals surface area contributed by atoms with E-state index in [1.165, 1.54) is 30.6 Å². The number of hydrogen-bond acceptors (Lipinski definition) is 4. The Morgan fingerprint density at radius 1 is 1.19 bits per heavy atom. The van der Waals surface area contributed by atoms with Crippen LogP contribution < -0.4 is 10.1 Å². The molecule has 2 heterocycles. The van der Waals surface area contributed by atoms with E-state index in [4.69, 9.17) is 11.6 Å². The number of halogens is 4. The monoisotopic (exact) mass is 394 g/mol. The largest absolute Gasteiger partial charge is 0.434 e. The second-order valence-electron chi connectivity index (χ2n) is 6.09. The summed E-state index contributed by atoms with van der Waals surface area (Å²) in [7, 11) is 0. The van der Waals surface area contributed by atoms with Gasteiger partial charge in [-0.05, 0) is 42.3 Å². The first-order valence-electron chi connectivity index (χ1n) is 8.17. The van der Waals surface area contributed by atoms with Crippen LogP contribution >= 0.6 is 11.6 Å². The van der Waals surface area contributed by atoms with Gasteiger partial charge < -0.3 is 10.1 Å². The molecule has 2 atom stereocenters. The van der Waals surface area contributed by atoms with Crippen molar-refractivity contribution in [2.45, 2.75) is 25.1 Å². The Balaban J connectivity index is 1.76. The van der Waals surface area contributed by atoms with Gasteiger partial charge in [-0.25, -0.2) is 9.07 Å². The topological polar surface area (TPSA) is 52.0 Å². The van der Waals surface area contributed by atoms with Crippen LogP contribution in [0.15, 0.2) is 48.8 Å². The summed E-state index contributed by atoms with van der Waals surface area (Å²) in [5.41, 5.74) is 1.32. The molecule has 0 saturated carbocycles. The van der Waals surface area contributed by atoms with Crippen molar-refractivity contribution in [2.75, 3.05) is 5.32 Å². The van der Waals surface area contributed by atoms with Gasteiger partial charge in [-0.3, -0.25) is 0 Å². The second-order valence-corrected chi connectivity index (χ2v) is 6.53. The minimum atomic E-state index is -2.96. The third kappa shape index (κ3) is 3.57. The van der Waals surface area contributed by atoms with Gasteiger partial charge in [0.2, 0.25) is 5.95 Å². The number of rotatable bonds is 4. The average molecular weight is 395 g/mol. The smallest absolute Gasteiger partial charge is 0.387 e. The number of benzene rings is 2. The molecule has 1 aliphatic heterocycles. The maximum Gasteiger partial charge on any atom is 0.387 e. The van der Waals surface area contributed by atoms with Gasteiger partial charge in [-0.15, -0.1) is 0 Å². The van der Waals surface area contributed by atoms with E-state index in [0.29, 0.717) is 23.0 Å². The molecule has 0 unspecified atom stereocenters. The molecule has 0 spiro atoms. The molecule has 3 aromatic rings. The van der Waals surface area contributed by atoms with E-state index in [-0.39, 0.29) is 17.6 Å².